The van der Waals surface area contributed by atoms with Crippen molar-refractivity contribution >= 4 is 16.9 Å². The van der Waals surface area contributed by atoms with E-state index in [0.717, 1.165) is 12.8 Å². The van der Waals surface area contributed by atoms with E-state index in [1.165, 1.54) is 12.8 Å². The largest absolute Gasteiger partial charge is 0.369 e. The number of nitrogens with two attached hydrogens (primary N) is 1. The first-order valence-electron chi connectivity index (χ1n) is 6.49. The molecule has 1 heterocycles. The molecule has 2 rings (SSSR count). The van der Waals surface area contributed by atoms with Gasteiger partial charge in [0.15, 0.2) is 0 Å². The van der Waals surface area contributed by atoms with Crippen LogP contribution in [0.2, 0.25) is 0 Å². The SMILES string of the molecule is CCCCCCn1c(N)nc2ccccc2c1=O. The molecule has 0 saturated carbocycles. The summed E-state index contributed by atoms with van der Waals surface area (Å²) >= 11 is 0. The van der Waals surface area contributed by atoms with Crippen LogP contribution in [0.15, 0.2) is 29.1 Å². The Hall–Kier alpha value is -1.84. The molecule has 0 fully saturated rings. The van der Waals surface area contributed by atoms with Crippen LogP contribution in [0.3, 0.4) is 0 Å². The number of unbranched alkanes of at least 4 members (excludes halogenated alkanes) is 3. The fraction of sp³-hybridized carbons (Fsp3) is 0.429. The van der Waals surface area contributed by atoms with E-state index in [-0.39, 0.29) is 5.56 Å². The summed E-state index contributed by atoms with van der Waals surface area (Å²) in [5.74, 6) is 0.315. The zero-order valence-corrected chi connectivity index (χ0v) is 10.7. The van der Waals surface area contributed by atoms with Crippen LogP contribution < -0.4 is 11.3 Å². The third-order valence-electron chi connectivity index (χ3n) is 3.13. The number of nitrogen functional groups attached to an aromatic ring is 1. The minimum atomic E-state index is -0.0328. The number of fused-ring (bicyclic) bond motifs is 1. The molecule has 4 heteroatoms. The Morgan fingerprint density at radius 1 is 1.22 bits per heavy atom. The standard InChI is InChI=1S/C14H19N3O/c1-2-3-4-7-10-17-13(18)11-8-5-6-9-12(11)16-14(17)15/h5-6,8-9H,2-4,7,10H2,1H3,(H2,15,16). The van der Waals surface area contributed by atoms with Gasteiger partial charge in [-0.1, -0.05) is 38.3 Å². The number of aromatic nitrogens is 2. The molecule has 96 valence electrons. The van der Waals surface area contributed by atoms with Gasteiger partial charge in [0.25, 0.3) is 5.56 Å². The van der Waals surface area contributed by atoms with Crippen LogP contribution in [0.5, 0.6) is 0 Å². The molecule has 0 aliphatic rings. The van der Waals surface area contributed by atoms with Crippen molar-refractivity contribution in [2.45, 2.75) is 39.2 Å². The molecule has 0 saturated heterocycles. The molecule has 4 nitrogen and oxygen atoms in total. The summed E-state index contributed by atoms with van der Waals surface area (Å²) < 4.78 is 1.58. The normalized spacial score (nSPS) is 10.9. The summed E-state index contributed by atoms with van der Waals surface area (Å²) in [6.07, 6.45) is 4.46. The van der Waals surface area contributed by atoms with Gasteiger partial charge in [0.2, 0.25) is 5.95 Å². The minimum Gasteiger partial charge on any atom is -0.369 e. The van der Waals surface area contributed by atoms with Gasteiger partial charge in [-0.3, -0.25) is 9.36 Å². The maximum atomic E-state index is 12.3. The van der Waals surface area contributed by atoms with E-state index in [0.29, 0.717) is 23.4 Å². The molecule has 2 N–H and O–H groups in total. The maximum absolute atomic E-state index is 12.3. The van der Waals surface area contributed by atoms with Crippen LogP contribution in [0.25, 0.3) is 10.9 Å². The van der Waals surface area contributed by atoms with Crippen molar-refractivity contribution in [3.63, 3.8) is 0 Å². The highest BCUT2D eigenvalue weighted by atomic mass is 16.1. The third-order valence-corrected chi connectivity index (χ3v) is 3.13. The predicted octanol–water partition coefficient (Wildman–Crippen LogP) is 2.56. The van der Waals surface area contributed by atoms with Crippen molar-refractivity contribution in [1.82, 2.24) is 9.55 Å². The summed E-state index contributed by atoms with van der Waals surface area (Å²) in [6.45, 7) is 2.82. The number of nitrogens with zero attached hydrogens (tertiary/aromatic N) is 2. The topological polar surface area (TPSA) is 60.9 Å². The van der Waals surface area contributed by atoms with Crippen LogP contribution in [-0.2, 0) is 6.54 Å². The second-order valence-electron chi connectivity index (χ2n) is 4.50. The Labute approximate surface area is 106 Å². The molecule has 1 aromatic heterocycles. The van der Waals surface area contributed by atoms with Gasteiger partial charge in [-0.15, -0.1) is 0 Å². The van der Waals surface area contributed by atoms with E-state index in [1.54, 1.807) is 10.6 Å². The molecule has 0 spiro atoms. The lowest BCUT2D eigenvalue weighted by Gasteiger charge is -2.09. The van der Waals surface area contributed by atoms with E-state index in [9.17, 15) is 4.79 Å². The number of hydrogen-bond donors (Lipinski definition) is 1. The molecule has 0 amide bonds. The lowest BCUT2D eigenvalue weighted by Crippen LogP contribution is -2.24. The maximum Gasteiger partial charge on any atom is 0.262 e. The molecule has 0 unspecified atom stereocenters. The van der Waals surface area contributed by atoms with Gasteiger partial charge in [0, 0.05) is 6.54 Å². The highest BCUT2D eigenvalue weighted by Crippen LogP contribution is 2.10. The van der Waals surface area contributed by atoms with E-state index in [2.05, 4.69) is 11.9 Å². The first kappa shape index (κ1) is 12.6. The highest BCUT2D eigenvalue weighted by Gasteiger charge is 2.07. The van der Waals surface area contributed by atoms with Crippen LogP contribution in [0.4, 0.5) is 5.95 Å². The Balaban J connectivity index is 2.30. The van der Waals surface area contributed by atoms with Gasteiger partial charge in [-0.25, -0.2) is 4.98 Å². The molecule has 18 heavy (non-hydrogen) atoms. The molecular weight excluding hydrogens is 226 g/mol. The average Bonchev–Trinajstić information content (AvgIpc) is 2.38. The Morgan fingerprint density at radius 3 is 2.78 bits per heavy atom. The second kappa shape index (κ2) is 5.67. The van der Waals surface area contributed by atoms with E-state index in [4.69, 9.17) is 5.73 Å². The van der Waals surface area contributed by atoms with Gasteiger partial charge in [-0.2, -0.15) is 0 Å². The van der Waals surface area contributed by atoms with Crippen LogP contribution in [-0.4, -0.2) is 9.55 Å². The number of hydrogen-bond acceptors (Lipinski definition) is 3. The van der Waals surface area contributed by atoms with Crippen molar-refractivity contribution in [2.24, 2.45) is 0 Å². The number of anilines is 1. The summed E-state index contributed by atoms with van der Waals surface area (Å²) in [7, 11) is 0. The van der Waals surface area contributed by atoms with E-state index >= 15 is 0 Å². The average molecular weight is 245 g/mol. The molecular formula is C14H19N3O. The zero-order chi connectivity index (χ0) is 13.0. The van der Waals surface area contributed by atoms with E-state index in [1.807, 2.05) is 18.2 Å². The van der Waals surface area contributed by atoms with Crippen LogP contribution >= 0.6 is 0 Å². The summed E-state index contributed by atoms with van der Waals surface area (Å²) in [6, 6.07) is 7.32. The lowest BCUT2D eigenvalue weighted by molar-refractivity contribution is 0.574. The predicted molar refractivity (Wildman–Crippen MR) is 74.6 cm³/mol. The van der Waals surface area contributed by atoms with Crippen LogP contribution in [0.1, 0.15) is 32.6 Å². The quantitative estimate of drug-likeness (QED) is 0.823. The third kappa shape index (κ3) is 2.53. The fourth-order valence-corrected chi connectivity index (χ4v) is 2.10. The van der Waals surface area contributed by atoms with Crippen molar-refractivity contribution in [3.8, 4) is 0 Å². The van der Waals surface area contributed by atoms with Crippen molar-refractivity contribution < 1.29 is 0 Å². The van der Waals surface area contributed by atoms with Crippen molar-refractivity contribution in [1.29, 1.82) is 0 Å². The Morgan fingerprint density at radius 2 is 2.00 bits per heavy atom. The number of para-hydroxylation sites is 1. The van der Waals surface area contributed by atoms with E-state index < -0.39 is 0 Å². The summed E-state index contributed by atoms with van der Waals surface area (Å²) in [5, 5.41) is 0.641. The first-order chi connectivity index (χ1) is 8.74. The van der Waals surface area contributed by atoms with Crippen molar-refractivity contribution in [3.05, 3.63) is 34.6 Å². The monoisotopic (exact) mass is 245 g/mol. The van der Waals surface area contributed by atoms with Gasteiger partial charge < -0.3 is 5.73 Å². The molecule has 0 aliphatic heterocycles. The second-order valence-corrected chi connectivity index (χ2v) is 4.50. The summed E-state index contributed by atoms with van der Waals surface area (Å²) in [5.41, 5.74) is 6.49. The van der Waals surface area contributed by atoms with Crippen molar-refractivity contribution in [2.75, 3.05) is 5.73 Å². The first-order valence-corrected chi connectivity index (χ1v) is 6.49. The van der Waals surface area contributed by atoms with Crippen LogP contribution in [0, 0.1) is 0 Å². The summed E-state index contributed by atoms with van der Waals surface area (Å²) in [4.78, 5) is 16.5. The van der Waals surface area contributed by atoms with Gasteiger partial charge in [-0.05, 0) is 18.6 Å². The van der Waals surface area contributed by atoms with Gasteiger partial charge in [0.05, 0.1) is 10.9 Å². The molecule has 0 bridgehead atoms. The zero-order valence-electron chi connectivity index (χ0n) is 10.7. The molecule has 1 aromatic carbocycles. The number of benzene rings is 1. The highest BCUT2D eigenvalue weighted by molar-refractivity contribution is 5.78. The van der Waals surface area contributed by atoms with Gasteiger partial charge >= 0.3 is 0 Å². The molecule has 0 aliphatic carbocycles. The minimum absolute atomic E-state index is 0.0328. The van der Waals surface area contributed by atoms with Gasteiger partial charge in [0.1, 0.15) is 0 Å². The Kier molecular flexibility index (Phi) is 3.97. The lowest BCUT2D eigenvalue weighted by atomic mass is 10.2. The molecule has 2 aromatic rings. The molecule has 0 radical (unpaired) electrons. The fourth-order valence-electron chi connectivity index (χ4n) is 2.10. The molecule has 0 atom stereocenters. The smallest absolute Gasteiger partial charge is 0.262 e. The Bertz CT molecular complexity index is 589. The number of rotatable bonds is 5.